The number of amides is 3. The predicted molar refractivity (Wildman–Crippen MR) is 108 cm³/mol. The molecule has 28 heavy (non-hydrogen) atoms. The quantitative estimate of drug-likeness (QED) is 0.716. The monoisotopic (exact) mass is 410 g/mol. The lowest BCUT2D eigenvalue weighted by Crippen LogP contribution is -2.52. The summed E-state index contributed by atoms with van der Waals surface area (Å²) in [5.41, 5.74) is 6.86. The smallest absolute Gasteiger partial charge is 0.319 e. The standard InChI is InChI=1S/C20H27FN4O2.ClH/c21-14-3-5-15(6-4-14)23-20(27)24-16-7-9-25(10-8-16)19(26)17-12-1-2-13(11-12)18(17)22;/h3-6,12-13,16-18H,1-2,7-11,22H2,(H2,23,24,27);1H. The van der Waals surface area contributed by atoms with Gasteiger partial charge in [-0.2, -0.15) is 0 Å². The molecule has 4 rings (SSSR count). The Morgan fingerprint density at radius 1 is 1.04 bits per heavy atom. The Bertz CT molecular complexity index is 707. The first-order valence-electron chi connectivity index (χ1n) is 9.88. The third-order valence-corrected chi connectivity index (χ3v) is 6.51. The Hall–Kier alpha value is -1.86. The SMILES string of the molecule is Cl.NC1C2CCC(C2)C1C(=O)N1CCC(NC(=O)Nc2ccc(F)cc2)CC1. The van der Waals surface area contributed by atoms with Gasteiger partial charge >= 0.3 is 6.03 Å². The summed E-state index contributed by atoms with van der Waals surface area (Å²) >= 11 is 0. The van der Waals surface area contributed by atoms with Gasteiger partial charge < -0.3 is 21.3 Å². The van der Waals surface area contributed by atoms with Crippen molar-refractivity contribution in [1.29, 1.82) is 0 Å². The van der Waals surface area contributed by atoms with Crippen molar-refractivity contribution >= 4 is 30.0 Å². The molecule has 4 atom stereocenters. The molecule has 0 aromatic heterocycles. The van der Waals surface area contributed by atoms with E-state index in [0.29, 0.717) is 30.6 Å². The number of urea groups is 1. The van der Waals surface area contributed by atoms with Crippen LogP contribution in [0.4, 0.5) is 14.9 Å². The molecule has 0 spiro atoms. The number of rotatable bonds is 3. The maximum Gasteiger partial charge on any atom is 0.319 e. The van der Waals surface area contributed by atoms with Crippen molar-refractivity contribution in [2.45, 2.75) is 44.2 Å². The molecular formula is C20H28ClFN4O2. The van der Waals surface area contributed by atoms with Crippen LogP contribution in [0, 0.1) is 23.6 Å². The summed E-state index contributed by atoms with van der Waals surface area (Å²) in [6.45, 7) is 1.31. The lowest BCUT2D eigenvalue weighted by molar-refractivity contribution is -0.138. The highest BCUT2D eigenvalue weighted by atomic mass is 35.5. The van der Waals surface area contributed by atoms with Gasteiger partial charge in [0.05, 0.1) is 5.92 Å². The van der Waals surface area contributed by atoms with Crippen LogP contribution in [-0.2, 0) is 4.79 Å². The van der Waals surface area contributed by atoms with Crippen molar-refractivity contribution in [2.24, 2.45) is 23.5 Å². The van der Waals surface area contributed by atoms with Gasteiger partial charge in [-0.05, 0) is 68.2 Å². The summed E-state index contributed by atoms with van der Waals surface area (Å²) in [6, 6.07) is 5.40. The maximum atomic E-state index is 12.9. The number of halogens is 2. The van der Waals surface area contributed by atoms with E-state index in [4.69, 9.17) is 5.73 Å². The number of hydrogen-bond donors (Lipinski definition) is 3. The lowest BCUT2D eigenvalue weighted by atomic mass is 9.83. The van der Waals surface area contributed by atoms with Gasteiger partial charge in [0.1, 0.15) is 5.82 Å². The highest BCUT2D eigenvalue weighted by Crippen LogP contribution is 2.48. The van der Waals surface area contributed by atoms with E-state index in [1.165, 1.54) is 30.7 Å². The highest BCUT2D eigenvalue weighted by molar-refractivity contribution is 5.89. The first-order chi connectivity index (χ1) is 13.0. The minimum absolute atomic E-state index is 0. The molecule has 3 aliphatic rings. The number of likely N-dealkylation sites (tertiary alicyclic amines) is 1. The number of nitrogens with two attached hydrogens (primary N) is 1. The van der Waals surface area contributed by atoms with Gasteiger partial charge in [0.25, 0.3) is 0 Å². The van der Waals surface area contributed by atoms with E-state index in [1.54, 1.807) is 0 Å². The molecule has 154 valence electrons. The molecule has 2 aliphatic carbocycles. The minimum Gasteiger partial charge on any atom is -0.342 e. The Kier molecular flexibility index (Phi) is 6.45. The van der Waals surface area contributed by atoms with Crippen LogP contribution in [0.5, 0.6) is 0 Å². The average molecular weight is 411 g/mol. The molecule has 2 saturated carbocycles. The number of carbonyl (C=O) groups is 2. The third kappa shape index (κ3) is 4.25. The van der Waals surface area contributed by atoms with Crippen LogP contribution < -0.4 is 16.4 Å². The molecule has 2 bridgehead atoms. The molecular weight excluding hydrogens is 383 g/mol. The molecule has 1 saturated heterocycles. The second kappa shape index (κ2) is 8.66. The van der Waals surface area contributed by atoms with Gasteiger partial charge in [0, 0.05) is 30.9 Å². The van der Waals surface area contributed by atoms with Crippen LogP contribution in [0.2, 0.25) is 0 Å². The van der Waals surface area contributed by atoms with Crippen LogP contribution in [0.3, 0.4) is 0 Å². The molecule has 3 fully saturated rings. The van der Waals surface area contributed by atoms with Gasteiger partial charge in [-0.25, -0.2) is 9.18 Å². The van der Waals surface area contributed by atoms with E-state index in [1.807, 2.05) is 4.90 Å². The molecule has 0 radical (unpaired) electrons. The summed E-state index contributed by atoms with van der Waals surface area (Å²) in [7, 11) is 0. The van der Waals surface area contributed by atoms with Crippen LogP contribution >= 0.6 is 12.4 Å². The number of carbonyl (C=O) groups excluding carboxylic acids is 2. The van der Waals surface area contributed by atoms with Crippen LogP contribution in [0.1, 0.15) is 32.1 Å². The number of benzene rings is 1. The van der Waals surface area contributed by atoms with E-state index in [2.05, 4.69) is 10.6 Å². The number of piperidine rings is 1. The summed E-state index contributed by atoms with van der Waals surface area (Å²) in [4.78, 5) is 27.0. The fraction of sp³-hybridized carbons (Fsp3) is 0.600. The fourth-order valence-electron chi connectivity index (χ4n) is 5.04. The molecule has 6 nitrogen and oxygen atoms in total. The van der Waals surface area contributed by atoms with Gasteiger partial charge in [-0.1, -0.05) is 0 Å². The van der Waals surface area contributed by atoms with Crippen molar-refractivity contribution in [3.8, 4) is 0 Å². The van der Waals surface area contributed by atoms with Gasteiger partial charge in [-0.15, -0.1) is 12.4 Å². The number of nitrogens with one attached hydrogen (secondary N) is 2. The summed E-state index contributed by atoms with van der Waals surface area (Å²) < 4.78 is 12.9. The second-order valence-electron chi connectivity index (χ2n) is 8.14. The van der Waals surface area contributed by atoms with Crippen molar-refractivity contribution in [2.75, 3.05) is 18.4 Å². The lowest BCUT2D eigenvalue weighted by Gasteiger charge is -2.37. The van der Waals surface area contributed by atoms with E-state index < -0.39 is 0 Å². The zero-order valence-corrected chi connectivity index (χ0v) is 16.6. The summed E-state index contributed by atoms with van der Waals surface area (Å²) in [5.74, 6) is 0.861. The maximum absolute atomic E-state index is 12.9. The molecule has 8 heteroatoms. The summed E-state index contributed by atoms with van der Waals surface area (Å²) in [6.07, 6.45) is 4.89. The topological polar surface area (TPSA) is 87.5 Å². The number of anilines is 1. The fourth-order valence-corrected chi connectivity index (χ4v) is 5.04. The molecule has 3 amide bonds. The van der Waals surface area contributed by atoms with E-state index >= 15 is 0 Å². The van der Waals surface area contributed by atoms with E-state index in [-0.39, 0.29) is 48.2 Å². The van der Waals surface area contributed by atoms with Crippen molar-refractivity contribution < 1.29 is 14.0 Å². The Balaban J connectivity index is 0.00000225. The predicted octanol–water partition coefficient (Wildman–Crippen LogP) is 2.73. The number of hydrogen-bond acceptors (Lipinski definition) is 3. The van der Waals surface area contributed by atoms with Gasteiger partial charge in [-0.3, -0.25) is 4.79 Å². The number of nitrogens with zero attached hydrogens (tertiary/aromatic N) is 1. The molecule has 4 N–H and O–H groups in total. The Morgan fingerprint density at radius 3 is 2.29 bits per heavy atom. The zero-order valence-electron chi connectivity index (χ0n) is 15.8. The molecule has 1 aromatic rings. The first kappa shape index (κ1) is 20.9. The van der Waals surface area contributed by atoms with Crippen molar-refractivity contribution in [1.82, 2.24) is 10.2 Å². The third-order valence-electron chi connectivity index (χ3n) is 6.51. The molecule has 4 unspecified atom stereocenters. The molecule has 1 heterocycles. The minimum atomic E-state index is -0.340. The van der Waals surface area contributed by atoms with Gasteiger partial charge in [0.15, 0.2) is 0 Å². The molecule has 1 aliphatic heterocycles. The highest BCUT2D eigenvalue weighted by Gasteiger charge is 2.50. The number of fused-ring (bicyclic) bond motifs is 2. The molecule has 1 aromatic carbocycles. The largest absolute Gasteiger partial charge is 0.342 e. The first-order valence-corrected chi connectivity index (χ1v) is 9.88. The average Bonchev–Trinajstić information content (AvgIpc) is 3.25. The van der Waals surface area contributed by atoms with E-state index in [0.717, 1.165) is 25.7 Å². The van der Waals surface area contributed by atoms with Gasteiger partial charge in [0.2, 0.25) is 5.91 Å². The zero-order chi connectivity index (χ0) is 19.0. The second-order valence-corrected chi connectivity index (χ2v) is 8.14. The van der Waals surface area contributed by atoms with Crippen LogP contribution in [0.15, 0.2) is 24.3 Å². The normalized spacial score (nSPS) is 29.3. The summed E-state index contributed by atoms with van der Waals surface area (Å²) in [5, 5.41) is 5.65. The van der Waals surface area contributed by atoms with Crippen molar-refractivity contribution in [3.05, 3.63) is 30.1 Å². The van der Waals surface area contributed by atoms with Crippen molar-refractivity contribution in [3.63, 3.8) is 0 Å². The van der Waals surface area contributed by atoms with E-state index in [9.17, 15) is 14.0 Å². The van der Waals surface area contributed by atoms with Crippen LogP contribution in [-0.4, -0.2) is 42.0 Å². The van der Waals surface area contributed by atoms with Crippen LogP contribution in [0.25, 0.3) is 0 Å². The Labute approximate surface area is 170 Å². The Morgan fingerprint density at radius 2 is 1.68 bits per heavy atom.